The van der Waals surface area contributed by atoms with Crippen molar-refractivity contribution in [3.05, 3.63) is 57.3 Å². The van der Waals surface area contributed by atoms with E-state index >= 15 is 0 Å². The van der Waals surface area contributed by atoms with E-state index in [1.54, 1.807) is 25.3 Å². The van der Waals surface area contributed by atoms with E-state index in [1.165, 1.54) is 13.2 Å². The van der Waals surface area contributed by atoms with Crippen LogP contribution in [0.5, 0.6) is 11.5 Å². The van der Waals surface area contributed by atoms with Crippen LogP contribution in [0, 0.1) is 5.82 Å². The molecular weight excluding hydrogens is 380 g/mol. The molecule has 0 unspecified atom stereocenters. The van der Waals surface area contributed by atoms with Crippen molar-refractivity contribution in [1.29, 1.82) is 0 Å². The van der Waals surface area contributed by atoms with E-state index in [0.717, 1.165) is 18.5 Å². The van der Waals surface area contributed by atoms with Gasteiger partial charge in [-0.3, -0.25) is 0 Å². The monoisotopic (exact) mass is 401 g/mol. The molecule has 0 heterocycles. The summed E-state index contributed by atoms with van der Waals surface area (Å²) in [4.78, 5) is 0. The van der Waals surface area contributed by atoms with Gasteiger partial charge in [0.05, 0.1) is 17.2 Å². The Kier molecular flexibility index (Phi) is 8.45. The highest BCUT2D eigenvalue weighted by Crippen LogP contribution is 2.37. The third kappa shape index (κ3) is 5.74. The van der Waals surface area contributed by atoms with E-state index < -0.39 is 5.82 Å². The molecule has 0 saturated carbocycles. The fraction of sp³-hybridized carbons (Fsp3) is 0.368. The number of hydrogen-bond acceptors (Lipinski definition) is 4. The molecule has 1 N–H and O–H groups in total. The fourth-order valence-corrected chi connectivity index (χ4v) is 2.91. The zero-order valence-electron chi connectivity index (χ0n) is 14.8. The van der Waals surface area contributed by atoms with Gasteiger partial charge in [0.25, 0.3) is 0 Å². The Morgan fingerprint density at radius 3 is 2.62 bits per heavy atom. The SMILES string of the molecule is COCCCNCc1cc(Cl)c(OCc2c(F)cccc2Cl)c(OC)c1. The maximum absolute atomic E-state index is 13.9. The van der Waals surface area contributed by atoms with Crippen molar-refractivity contribution in [3.63, 3.8) is 0 Å². The molecule has 2 aromatic rings. The van der Waals surface area contributed by atoms with Gasteiger partial charge in [0.2, 0.25) is 0 Å². The first-order chi connectivity index (χ1) is 12.6. The molecule has 0 saturated heterocycles. The van der Waals surface area contributed by atoms with Crippen LogP contribution in [0.4, 0.5) is 4.39 Å². The summed E-state index contributed by atoms with van der Waals surface area (Å²) in [5.41, 5.74) is 1.23. The first-order valence-electron chi connectivity index (χ1n) is 8.18. The Hall–Kier alpha value is -1.53. The van der Waals surface area contributed by atoms with Crippen molar-refractivity contribution in [2.45, 2.75) is 19.6 Å². The molecule has 142 valence electrons. The lowest BCUT2D eigenvalue weighted by molar-refractivity contribution is 0.194. The zero-order chi connectivity index (χ0) is 18.9. The second-order valence-corrected chi connectivity index (χ2v) is 6.44. The summed E-state index contributed by atoms with van der Waals surface area (Å²) in [6.07, 6.45) is 0.923. The standard InChI is InChI=1S/C19H22Cl2FNO3/c1-24-8-4-7-23-11-13-9-16(21)19(18(10-13)25-2)26-12-14-15(20)5-3-6-17(14)22/h3,5-6,9-10,23H,4,7-8,11-12H2,1-2H3. The molecule has 26 heavy (non-hydrogen) atoms. The summed E-state index contributed by atoms with van der Waals surface area (Å²) in [5.74, 6) is 0.416. The highest BCUT2D eigenvalue weighted by molar-refractivity contribution is 6.32. The van der Waals surface area contributed by atoms with Crippen molar-refractivity contribution in [3.8, 4) is 11.5 Å². The second-order valence-electron chi connectivity index (χ2n) is 5.62. The predicted molar refractivity (Wildman–Crippen MR) is 102 cm³/mol. The number of ether oxygens (including phenoxy) is 3. The Balaban J connectivity index is 2.06. The molecule has 0 aliphatic heterocycles. The molecule has 0 aliphatic rings. The van der Waals surface area contributed by atoms with Crippen molar-refractivity contribution < 1.29 is 18.6 Å². The number of benzene rings is 2. The minimum Gasteiger partial charge on any atom is -0.493 e. The van der Waals surface area contributed by atoms with E-state index in [1.807, 2.05) is 6.07 Å². The Morgan fingerprint density at radius 1 is 1.12 bits per heavy atom. The molecule has 4 nitrogen and oxygen atoms in total. The molecule has 0 amide bonds. The lowest BCUT2D eigenvalue weighted by Gasteiger charge is -2.15. The highest BCUT2D eigenvalue weighted by atomic mass is 35.5. The highest BCUT2D eigenvalue weighted by Gasteiger charge is 2.14. The van der Waals surface area contributed by atoms with Crippen molar-refractivity contribution in [2.24, 2.45) is 0 Å². The maximum atomic E-state index is 13.9. The Bertz CT molecular complexity index is 708. The number of rotatable bonds is 10. The van der Waals surface area contributed by atoms with Crippen LogP contribution in [0.2, 0.25) is 10.0 Å². The van der Waals surface area contributed by atoms with Gasteiger partial charge in [0, 0.05) is 25.8 Å². The van der Waals surface area contributed by atoms with E-state index in [2.05, 4.69) is 5.32 Å². The molecule has 2 aromatic carbocycles. The first-order valence-corrected chi connectivity index (χ1v) is 8.94. The third-order valence-electron chi connectivity index (χ3n) is 3.74. The summed E-state index contributed by atoms with van der Waals surface area (Å²) in [7, 11) is 3.21. The smallest absolute Gasteiger partial charge is 0.180 e. The molecule has 0 bridgehead atoms. The van der Waals surface area contributed by atoms with Gasteiger partial charge in [-0.1, -0.05) is 29.3 Å². The summed E-state index contributed by atoms with van der Waals surface area (Å²) in [6, 6.07) is 8.13. The van der Waals surface area contributed by atoms with Crippen LogP contribution in [0.15, 0.2) is 30.3 Å². The quantitative estimate of drug-likeness (QED) is 0.577. The van der Waals surface area contributed by atoms with Crippen molar-refractivity contribution in [1.82, 2.24) is 5.32 Å². The molecule has 0 spiro atoms. The summed E-state index contributed by atoms with van der Waals surface area (Å²) in [5, 5.41) is 4.00. The van der Waals surface area contributed by atoms with Gasteiger partial charge in [-0.25, -0.2) is 4.39 Å². The number of hydrogen-bond donors (Lipinski definition) is 1. The minimum absolute atomic E-state index is 0.0454. The molecule has 0 aliphatic carbocycles. The molecule has 0 radical (unpaired) electrons. The van der Waals surface area contributed by atoms with E-state index in [-0.39, 0.29) is 12.2 Å². The number of halogens is 3. The van der Waals surface area contributed by atoms with Gasteiger partial charge < -0.3 is 19.5 Å². The lowest BCUT2D eigenvalue weighted by atomic mass is 10.2. The third-order valence-corrected chi connectivity index (χ3v) is 4.38. The van der Waals surface area contributed by atoms with Gasteiger partial charge in [-0.05, 0) is 42.8 Å². The largest absolute Gasteiger partial charge is 0.493 e. The van der Waals surface area contributed by atoms with Crippen molar-refractivity contribution >= 4 is 23.2 Å². The van der Waals surface area contributed by atoms with E-state index in [9.17, 15) is 4.39 Å². The van der Waals surface area contributed by atoms with Crippen LogP contribution in [-0.2, 0) is 17.9 Å². The second kappa shape index (κ2) is 10.6. The van der Waals surface area contributed by atoms with Crippen molar-refractivity contribution in [2.75, 3.05) is 27.4 Å². The normalized spacial score (nSPS) is 10.8. The average molecular weight is 402 g/mol. The van der Waals surface area contributed by atoms with Gasteiger partial charge in [0.1, 0.15) is 12.4 Å². The van der Waals surface area contributed by atoms with Crippen LogP contribution in [0.25, 0.3) is 0 Å². The summed E-state index contributed by atoms with van der Waals surface area (Å²) >= 11 is 12.4. The van der Waals surface area contributed by atoms with E-state index in [0.29, 0.717) is 34.7 Å². The minimum atomic E-state index is -0.426. The van der Waals surface area contributed by atoms with Gasteiger partial charge >= 0.3 is 0 Å². The maximum Gasteiger partial charge on any atom is 0.180 e. The lowest BCUT2D eigenvalue weighted by Crippen LogP contribution is -2.16. The summed E-state index contributed by atoms with van der Waals surface area (Å²) < 4.78 is 30.0. The molecular formula is C19H22Cl2FNO3. The van der Waals surface area contributed by atoms with Crippen LogP contribution in [0.3, 0.4) is 0 Å². The summed E-state index contributed by atoms with van der Waals surface area (Å²) in [6.45, 7) is 2.13. The van der Waals surface area contributed by atoms with Gasteiger partial charge in [-0.15, -0.1) is 0 Å². The van der Waals surface area contributed by atoms with Crippen LogP contribution in [-0.4, -0.2) is 27.4 Å². The van der Waals surface area contributed by atoms with E-state index in [4.69, 9.17) is 37.4 Å². The van der Waals surface area contributed by atoms with Crippen LogP contribution >= 0.6 is 23.2 Å². The predicted octanol–water partition coefficient (Wildman–Crippen LogP) is 4.85. The molecule has 7 heteroatoms. The fourth-order valence-electron chi connectivity index (χ4n) is 2.40. The average Bonchev–Trinajstić information content (AvgIpc) is 2.62. The molecule has 2 rings (SSSR count). The molecule has 0 fully saturated rings. The van der Waals surface area contributed by atoms with Gasteiger partial charge in [0.15, 0.2) is 11.5 Å². The molecule has 0 atom stereocenters. The number of methoxy groups -OCH3 is 2. The topological polar surface area (TPSA) is 39.7 Å². The van der Waals surface area contributed by atoms with Crippen LogP contribution < -0.4 is 14.8 Å². The van der Waals surface area contributed by atoms with Crippen LogP contribution in [0.1, 0.15) is 17.5 Å². The zero-order valence-corrected chi connectivity index (χ0v) is 16.3. The molecule has 0 aromatic heterocycles. The number of nitrogens with one attached hydrogen (secondary N) is 1. The Labute approximate surface area is 163 Å². The van der Waals surface area contributed by atoms with Gasteiger partial charge in [-0.2, -0.15) is 0 Å². The Morgan fingerprint density at radius 2 is 1.92 bits per heavy atom. The first kappa shape index (κ1) is 20.8.